The van der Waals surface area contributed by atoms with Crippen LogP contribution < -0.4 is 5.73 Å². The largest absolute Gasteiger partial charge is 0.445 e. The van der Waals surface area contributed by atoms with Crippen molar-refractivity contribution in [3.8, 4) is 0 Å². The summed E-state index contributed by atoms with van der Waals surface area (Å²) in [7, 11) is 0. The zero-order valence-corrected chi connectivity index (χ0v) is 14.3. The highest BCUT2D eigenvalue weighted by molar-refractivity contribution is 5.68. The lowest BCUT2D eigenvalue weighted by Gasteiger charge is -2.32. The van der Waals surface area contributed by atoms with Gasteiger partial charge >= 0.3 is 6.09 Å². The number of hydrogen-bond acceptors (Lipinski definition) is 4. The summed E-state index contributed by atoms with van der Waals surface area (Å²) in [5.74, 6) is 0. The molecule has 1 atom stereocenters. The molecule has 23 heavy (non-hydrogen) atoms. The maximum atomic E-state index is 12.4. The third-order valence-electron chi connectivity index (χ3n) is 4.41. The Hall–Kier alpha value is -1.59. The summed E-state index contributed by atoms with van der Waals surface area (Å²) in [5.41, 5.74) is 6.72. The highest BCUT2D eigenvalue weighted by Gasteiger charge is 2.31. The van der Waals surface area contributed by atoms with Crippen molar-refractivity contribution in [2.75, 3.05) is 26.2 Å². The predicted octanol–water partition coefficient (Wildman–Crippen LogP) is 2.46. The van der Waals surface area contributed by atoms with Crippen LogP contribution in [-0.4, -0.2) is 54.2 Å². The number of likely N-dealkylation sites (tertiary alicyclic amines) is 1. The van der Waals surface area contributed by atoms with Gasteiger partial charge in [0.2, 0.25) is 0 Å². The van der Waals surface area contributed by atoms with Gasteiger partial charge in [-0.3, -0.25) is 4.90 Å². The van der Waals surface area contributed by atoms with Gasteiger partial charge in [0, 0.05) is 38.3 Å². The van der Waals surface area contributed by atoms with E-state index in [0.29, 0.717) is 19.2 Å². The van der Waals surface area contributed by atoms with E-state index >= 15 is 0 Å². The fraction of sp³-hybridized carbons (Fsp3) is 0.611. The van der Waals surface area contributed by atoms with Gasteiger partial charge in [-0.15, -0.1) is 0 Å². The van der Waals surface area contributed by atoms with Gasteiger partial charge in [0.1, 0.15) is 6.61 Å². The number of carbonyl (C=O) groups excluding carboxylic acids is 1. The Morgan fingerprint density at radius 2 is 2.13 bits per heavy atom. The molecule has 1 amide bonds. The van der Waals surface area contributed by atoms with Crippen LogP contribution in [0.5, 0.6) is 0 Å². The van der Waals surface area contributed by atoms with E-state index in [1.54, 1.807) is 0 Å². The van der Waals surface area contributed by atoms with Crippen molar-refractivity contribution in [1.82, 2.24) is 9.80 Å². The molecule has 1 aromatic carbocycles. The first-order chi connectivity index (χ1) is 11.1. The lowest BCUT2D eigenvalue weighted by atomic mass is 10.2. The first-order valence-electron chi connectivity index (χ1n) is 8.53. The van der Waals surface area contributed by atoms with E-state index in [4.69, 9.17) is 10.5 Å². The molecule has 1 aliphatic rings. The van der Waals surface area contributed by atoms with Gasteiger partial charge in [-0.05, 0) is 32.3 Å². The average molecular weight is 319 g/mol. The van der Waals surface area contributed by atoms with Crippen molar-refractivity contribution in [3.05, 3.63) is 35.9 Å². The second-order valence-electron chi connectivity index (χ2n) is 6.41. The van der Waals surface area contributed by atoms with Crippen LogP contribution in [0.25, 0.3) is 0 Å². The Labute approximate surface area is 139 Å². The van der Waals surface area contributed by atoms with Crippen molar-refractivity contribution >= 4 is 6.09 Å². The van der Waals surface area contributed by atoms with Crippen LogP contribution in [0.4, 0.5) is 4.79 Å². The summed E-state index contributed by atoms with van der Waals surface area (Å²) < 4.78 is 5.49. The average Bonchev–Trinajstić information content (AvgIpc) is 3.01. The molecule has 0 bridgehead atoms. The normalized spacial score (nSPS) is 18.0. The lowest BCUT2D eigenvalue weighted by Crippen LogP contribution is -2.46. The Kier molecular flexibility index (Phi) is 6.86. The smallest absolute Gasteiger partial charge is 0.410 e. The standard InChI is InChI=1S/C18H29N3O2/c1-15(2)20(12-10-19)13-17-9-6-11-21(17)18(22)23-14-16-7-4-3-5-8-16/h3-5,7-8,15,17H,6,9-14,19H2,1-2H3/t17-/m1/s1. The predicted molar refractivity (Wildman–Crippen MR) is 92.1 cm³/mol. The number of hydrogen-bond donors (Lipinski definition) is 1. The van der Waals surface area contributed by atoms with E-state index in [2.05, 4.69) is 18.7 Å². The van der Waals surface area contributed by atoms with Crippen molar-refractivity contribution in [1.29, 1.82) is 0 Å². The minimum atomic E-state index is -0.201. The van der Waals surface area contributed by atoms with Gasteiger partial charge in [0.15, 0.2) is 0 Å². The summed E-state index contributed by atoms with van der Waals surface area (Å²) in [6.45, 7) is 7.83. The van der Waals surface area contributed by atoms with Crippen LogP contribution in [0.15, 0.2) is 30.3 Å². The summed E-state index contributed by atoms with van der Waals surface area (Å²) >= 11 is 0. The second-order valence-corrected chi connectivity index (χ2v) is 6.41. The molecular formula is C18H29N3O2. The summed E-state index contributed by atoms with van der Waals surface area (Å²) in [6, 6.07) is 10.5. The Morgan fingerprint density at radius 1 is 1.39 bits per heavy atom. The van der Waals surface area contributed by atoms with E-state index in [-0.39, 0.29) is 12.1 Å². The molecular weight excluding hydrogens is 290 g/mol. The third-order valence-corrected chi connectivity index (χ3v) is 4.41. The molecule has 0 radical (unpaired) electrons. The number of carbonyl (C=O) groups is 1. The minimum Gasteiger partial charge on any atom is -0.445 e. The van der Waals surface area contributed by atoms with Gasteiger partial charge < -0.3 is 15.4 Å². The molecule has 128 valence electrons. The van der Waals surface area contributed by atoms with Crippen LogP contribution in [0.2, 0.25) is 0 Å². The molecule has 2 rings (SSSR count). The van der Waals surface area contributed by atoms with Crippen LogP contribution in [0.3, 0.4) is 0 Å². The molecule has 5 heteroatoms. The lowest BCUT2D eigenvalue weighted by molar-refractivity contribution is 0.0807. The molecule has 0 saturated carbocycles. The fourth-order valence-electron chi connectivity index (χ4n) is 3.06. The number of nitrogens with zero attached hydrogens (tertiary/aromatic N) is 2. The topological polar surface area (TPSA) is 58.8 Å². The SMILES string of the molecule is CC(C)N(CCN)C[C@H]1CCCN1C(=O)OCc1ccccc1. The zero-order valence-electron chi connectivity index (χ0n) is 14.3. The Morgan fingerprint density at radius 3 is 2.78 bits per heavy atom. The van der Waals surface area contributed by atoms with Gasteiger partial charge in [0.05, 0.1) is 0 Å². The van der Waals surface area contributed by atoms with Crippen LogP contribution in [-0.2, 0) is 11.3 Å². The Bertz CT molecular complexity index is 478. The quantitative estimate of drug-likeness (QED) is 0.839. The number of rotatable bonds is 7. The molecule has 0 unspecified atom stereocenters. The van der Waals surface area contributed by atoms with Crippen LogP contribution >= 0.6 is 0 Å². The summed E-state index contributed by atoms with van der Waals surface area (Å²) in [4.78, 5) is 16.6. The number of amides is 1. The molecule has 0 aromatic heterocycles. The summed E-state index contributed by atoms with van der Waals surface area (Å²) in [5, 5.41) is 0. The zero-order chi connectivity index (χ0) is 16.7. The fourth-order valence-corrected chi connectivity index (χ4v) is 3.06. The first kappa shape index (κ1) is 17.8. The van der Waals surface area contributed by atoms with E-state index in [1.807, 2.05) is 35.2 Å². The van der Waals surface area contributed by atoms with Gasteiger partial charge in [-0.25, -0.2) is 4.79 Å². The molecule has 1 fully saturated rings. The molecule has 0 aliphatic carbocycles. The highest BCUT2D eigenvalue weighted by atomic mass is 16.6. The molecule has 2 N–H and O–H groups in total. The highest BCUT2D eigenvalue weighted by Crippen LogP contribution is 2.20. The number of ether oxygens (including phenoxy) is 1. The van der Waals surface area contributed by atoms with E-state index in [9.17, 15) is 4.79 Å². The first-order valence-corrected chi connectivity index (χ1v) is 8.53. The maximum absolute atomic E-state index is 12.4. The van der Waals surface area contributed by atoms with E-state index in [0.717, 1.165) is 38.0 Å². The van der Waals surface area contributed by atoms with Crippen LogP contribution in [0, 0.1) is 0 Å². The van der Waals surface area contributed by atoms with E-state index < -0.39 is 0 Å². The second kappa shape index (κ2) is 8.89. The summed E-state index contributed by atoms with van der Waals surface area (Å²) in [6.07, 6.45) is 1.88. The maximum Gasteiger partial charge on any atom is 0.410 e. The molecule has 5 nitrogen and oxygen atoms in total. The van der Waals surface area contributed by atoms with E-state index in [1.165, 1.54) is 0 Å². The molecule has 0 spiro atoms. The Balaban J connectivity index is 1.88. The monoisotopic (exact) mass is 319 g/mol. The minimum absolute atomic E-state index is 0.201. The molecule has 1 aromatic rings. The molecule has 1 aliphatic heterocycles. The number of benzene rings is 1. The molecule has 1 saturated heterocycles. The van der Waals surface area contributed by atoms with Crippen molar-refractivity contribution in [3.63, 3.8) is 0 Å². The van der Waals surface area contributed by atoms with Gasteiger partial charge in [-0.1, -0.05) is 30.3 Å². The molecule has 1 heterocycles. The number of nitrogens with two attached hydrogens (primary N) is 1. The van der Waals surface area contributed by atoms with Crippen molar-refractivity contribution < 1.29 is 9.53 Å². The van der Waals surface area contributed by atoms with Crippen LogP contribution in [0.1, 0.15) is 32.3 Å². The van der Waals surface area contributed by atoms with Gasteiger partial charge in [0.25, 0.3) is 0 Å². The van der Waals surface area contributed by atoms with Crippen molar-refractivity contribution in [2.24, 2.45) is 5.73 Å². The third kappa shape index (κ3) is 5.22. The van der Waals surface area contributed by atoms with Gasteiger partial charge in [-0.2, -0.15) is 0 Å². The van der Waals surface area contributed by atoms with Crippen molar-refractivity contribution in [2.45, 2.75) is 45.4 Å².